The fourth-order valence-corrected chi connectivity index (χ4v) is 7.48. The van der Waals surface area contributed by atoms with Crippen molar-refractivity contribution in [1.29, 1.82) is 0 Å². The first-order valence-corrected chi connectivity index (χ1v) is 25.1. The monoisotopic (exact) mass is 978 g/mol. The first kappa shape index (κ1) is 53.9. The molecule has 2 aromatic heterocycles. The summed E-state index contributed by atoms with van der Waals surface area (Å²) in [6.45, 7) is 8.67. The zero-order valence-electron chi connectivity index (χ0n) is 39.1. The van der Waals surface area contributed by atoms with Gasteiger partial charge in [0.25, 0.3) is 20.2 Å². The zero-order valence-corrected chi connectivity index (χ0v) is 40.7. The Hall–Kier alpha value is -6.72. The molecule has 0 spiro atoms. The quantitative estimate of drug-likeness (QED) is 0.0905. The van der Waals surface area contributed by atoms with Crippen molar-refractivity contribution in [3.05, 3.63) is 83.8 Å². The van der Waals surface area contributed by atoms with Gasteiger partial charge in [0.1, 0.15) is 29.4 Å². The lowest BCUT2D eigenvalue weighted by atomic mass is 9.96. The number of ether oxygens (including phenoxy) is 2. The van der Waals surface area contributed by atoms with Gasteiger partial charge in [0, 0.05) is 24.2 Å². The number of amides is 4. The average Bonchev–Trinajstić information content (AvgIpc) is 4.12. The maximum Gasteiger partial charge on any atom is 0.407 e. The van der Waals surface area contributed by atoms with E-state index in [1.54, 1.807) is 22.2 Å². The van der Waals surface area contributed by atoms with E-state index in [4.69, 9.17) is 23.6 Å². The number of H-pyrrole nitrogens is 2. The van der Waals surface area contributed by atoms with Crippen LogP contribution in [0.15, 0.2) is 60.9 Å². The third-order valence-corrected chi connectivity index (χ3v) is 10.5. The summed E-state index contributed by atoms with van der Waals surface area (Å²) in [6.07, 6.45) is 6.69. The molecule has 4 amide bonds. The van der Waals surface area contributed by atoms with E-state index in [0.29, 0.717) is 42.9 Å². The highest BCUT2D eigenvalue weighted by molar-refractivity contribution is 7.85. The molecule has 20 nitrogen and oxygen atoms in total. The minimum Gasteiger partial charge on any atom is -0.453 e. The van der Waals surface area contributed by atoms with Gasteiger partial charge in [-0.3, -0.25) is 18.7 Å². The van der Waals surface area contributed by atoms with E-state index in [0.717, 1.165) is 53.6 Å². The van der Waals surface area contributed by atoms with E-state index in [9.17, 15) is 36.0 Å². The van der Waals surface area contributed by atoms with Crippen molar-refractivity contribution in [3.8, 4) is 46.1 Å². The Morgan fingerprint density at radius 2 is 1.18 bits per heavy atom. The van der Waals surface area contributed by atoms with Gasteiger partial charge in [0.05, 0.1) is 56.9 Å². The first-order chi connectivity index (χ1) is 32.0. The van der Waals surface area contributed by atoms with E-state index in [-0.39, 0.29) is 35.7 Å². The number of aromatic nitrogens is 4. The Morgan fingerprint density at radius 3 is 1.66 bits per heavy atom. The molecule has 2 fully saturated rings. The Bertz CT molecular complexity index is 2710. The van der Waals surface area contributed by atoms with Crippen LogP contribution in [0.2, 0.25) is 0 Å². The smallest absolute Gasteiger partial charge is 0.407 e. The van der Waals surface area contributed by atoms with Gasteiger partial charge in [0.2, 0.25) is 11.8 Å². The van der Waals surface area contributed by atoms with E-state index < -0.39 is 44.5 Å². The lowest BCUT2D eigenvalue weighted by molar-refractivity contribution is -0.136. The molecule has 4 heterocycles. The van der Waals surface area contributed by atoms with Crippen LogP contribution in [0.4, 0.5) is 9.59 Å². The fraction of sp³-hybridized carbons (Fsp3) is 0.435. The summed E-state index contributed by atoms with van der Waals surface area (Å²) >= 11 is 0. The van der Waals surface area contributed by atoms with Crippen LogP contribution >= 0.6 is 0 Å². The van der Waals surface area contributed by atoms with Gasteiger partial charge in [-0.1, -0.05) is 70.0 Å². The Labute approximate surface area is 396 Å². The molecule has 6 N–H and O–H groups in total. The maximum absolute atomic E-state index is 13.7. The number of nitrogens with zero attached hydrogens (tertiary/aromatic N) is 4. The molecule has 4 aromatic rings. The van der Waals surface area contributed by atoms with Crippen molar-refractivity contribution >= 4 is 44.2 Å². The summed E-state index contributed by atoms with van der Waals surface area (Å²) in [6, 6.07) is 14.0. The van der Waals surface area contributed by atoms with Gasteiger partial charge >= 0.3 is 12.2 Å². The topological polar surface area (TPSA) is 283 Å². The van der Waals surface area contributed by atoms with Gasteiger partial charge in [0.15, 0.2) is 0 Å². The summed E-state index contributed by atoms with van der Waals surface area (Å²) in [4.78, 5) is 70.6. The van der Waals surface area contributed by atoms with Crippen molar-refractivity contribution in [2.75, 3.05) is 39.8 Å². The van der Waals surface area contributed by atoms with E-state index in [1.807, 2.05) is 70.2 Å². The number of nitrogens with one attached hydrogen (secondary N) is 4. The second kappa shape index (κ2) is 24.3. The van der Waals surface area contributed by atoms with Crippen molar-refractivity contribution in [1.82, 2.24) is 40.4 Å². The molecule has 0 bridgehead atoms. The predicted molar refractivity (Wildman–Crippen MR) is 252 cm³/mol. The van der Waals surface area contributed by atoms with E-state index in [2.05, 4.69) is 55.3 Å². The number of aromatic amines is 2. The fourth-order valence-electron chi connectivity index (χ4n) is 7.48. The third kappa shape index (κ3) is 16.3. The maximum atomic E-state index is 13.7. The third-order valence-electron chi connectivity index (χ3n) is 10.5. The van der Waals surface area contributed by atoms with Crippen molar-refractivity contribution in [2.24, 2.45) is 11.8 Å². The highest BCUT2D eigenvalue weighted by Gasteiger charge is 2.39. The minimum atomic E-state index is -3.67. The molecule has 68 heavy (non-hydrogen) atoms. The molecule has 0 aliphatic carbocycles. The summed E-state index contributed by atoms with van der Waals surface area (Å²) in [5.41, 5.74) is 4.99. The van der Waals surface area contributed by atoms with Crippen LogP contribution in [-0.2, 0) is 39.3 Å². The van der Waals surface area contributed by atoms with Crippen LogP contribution in [0.3, 0.4) is 0 Å². The van der Waals surface area contributed by atoms with Gasteiger partial charge < -0.3 is 39.9 Å². The number of likely N-dealkylation sites (tertiary alicyclic amines) is 2. The van der Waals surface area contributed by atoms with Crippen LogP contribution in [0.1, 0.15) is 88.4 Å². The van der Waals surface area contributed by atoms with Crippen LogP contribution in [0, 0.1) is 35.5 Å². The largest absolute Gasteiger partial charge is 0.453 e. The summed E-state index contributed by atoms with van der Waals surface area (Å²) < 4.78 is 61.2. The van der Waals surface area contributed by atoms with Crippen LogP contribution in [0.25, 0.3) is 22.4 Å². The lowest BCUT2D eigenvalue weighted by Crippen LogP contribution is -2.51. The molecular formula is C46H58N8O12S2. The number of methoxy groups -OCH3 is 2. The molecule has 6 rings (SSSR count). The Kier molecular flexibility index (Phi) is 19.3. The number of imidazole rings is 2. The normalized spacial score (nSPS) is 16.4. The lowest BCUT2D eigenvalue weighted by Gasteiger charge is -2.30. The number of carbonyl (C=O) groups is 4. The standard InChI is InChI=1S/C44H50N8O6.2CH4O3S/c1-27(2)37(49-43(55)57-5)41(53)51-22-12-18-35(51)39-45-25-32(47-39)17-11-10-16-30-20-21-31(24-33(30)29-14-8-7-9-15-29)34-26-46-40(48-34)36-19-13-23-52(36)42(54)38(28(3)4)50-44(56)58-6;2*1-5(2,3)4/h7-9,14-15,20-21,24-28,35-38H,12-13,18-19,22-23H2,1-6H3,(H,45,47)(H,46,48)(H,49,55)(H,50,56);2*1H3,(H,2,3,4)/t35-,36-,37-,38-;;/m0../s1. The van der Waals surface area contributed by atoms with Gasteiger partial charge in [-0.2, -0.15) is 16.8 Å². The van der Waals surface area contributed by atoms with Crippen molar-refractivity contribution < 1.29 is 54.6 Å². The van der Waals surface area contributed by atoms with Crippen LogP contribution in [0.5, 0.6) is 0 Å². The van der Waals surface area contributed by atoms with E-state index in [1.165, 1.54) is 14.2 Å². The average molecular weight is 979 g/mol. The molecule has 2 saturated heterocycles. The number of hydrogen-bond acceptors (Lipinski definition) is 12. The highest BCUT2D eigenvalue weighted by atomic mass is 32.2. The van der Waals surface area contributed by atoms with Gasteiger partial charge in [-0.25, -0.2) is 19.6 Å². The number of hydrogen-bond donors (Lipinski definition) is 6. The summed E-state index contributed by atoms with van der Waals surface area (Å²) in [7, 11) is -4.78. The molecule has 4 atom stereocenters. The molecule has 2 aliphatic heterocycles. The van der Waals surface area contributed by atoms with Crippen molar-refractivity contribution in [2.45, 2.75) is 77.5 Å². The zero-order chi connectivity index (χ0) is 50.3. The van der Waals surface area contributed by atoms with E-state index >= 15 is 0 Å². The summed E-state index contributed by atoms with van der Waals surface area (Å²) in [5.74, 6) is 13.0. The second-order valence-corrected chi connectivity index (χ2v) is 19.5. The Morgan fingerprint density at radius 1 is 0.706 bits per heavy atom. The SMILES string of the molecule is COC(=O)N[C@H](C(=O)N1CCC[C@H]1c1ncc(C#CC#Cc2ccc(-c3cnc([C@@H]4CCCN4C(=O)[C@@H](NC(=O)OC)C(C)C)[nH]3)cc2-c2ccccc2)[nH]1)C(C)C.CS(=O)(=O)O.CS(=O)(=O)O. The molecule has 22 heteroatoms. The molecule has 2 aliphatic rings. The number of benzene rings is 2. The number of carbonyl (C=O) groups excluding carboxylic acids is 4. The molecule has 0 saturated carbocycles. The second-order valence-electron chi connectivity index (χ2n) is 16.6. The van der Waals surface area contributed by atoms with Crippen LogP contribution in [-0.4, -0.2) is 132 Å². The highest BCUT2D eigenvalue weighted by Crippen LogP contribution is 2.35. The minimum absolute atomic E-state index is 0.128. The predicted octanol–water partition coefficient (Wildman–Crippen LogP) is 4.97. The molecule has 366 valence electrons. The molecule has 0 unspecified atom stereocenters. The summed E-state index contributed by atoms with van der Waals surface area (Å²) in [5, 5.41) is 5.37. The Balaban J connectivity index is 0.000000913. The molecule has 0 radical (unpaired) electrons. The van der Waals surface area contributed by atoms with Gasteiger partial charge in [-0.05, 0) is 78.5 Å². The first-order valence-electron chi connectivity index (χ1n) is 21.4. The molecule has 2 aromatic carbocycles. The number of rotatable bonds is 10. The molecular weight excluding hydrogens is 921 g/mol. The number of alkyl carbamates (subject to hydrolysis) is 2. The van der Waals surface area contributed by atoms with Gasteiger partial charge in [-0.15, -0.1) is 0 Å². The van der Waals surface area contributed by atoms with Crippen LogP contribution < -0.4 is 10.6 Å². The van der Waals surface area contributed by atoms with Crippen molar-refractivity contribution in [3.63, 3.8) is 0 Å².